The molecular weight excluding hydrogens is 540 g/mol. The molecule has 0 spiro atoms. The average Bonchev–Trinajstić information content (AvgIpc) is 2.90. The highest BCUT2D eigenvalue weighted by Gasteiger charge is 2.31. The van der Waals surface area contributed by atoms with E-state index in [4.69, 9.17) is 25.8 Å². The summed E-state index contributed by atoms with van der Waals surface area (Å²) in [7, 11) is 0.00107. The number of amides is 1. The number of anilines is 1. The maximum absolute atomic E-state index is 14.0. The van der Waals surface area contributed by atoms with Crippen LogP contribution in [0, 0.1) is 0 Å². The zero-order valence-electron chi connectivity index (χ0n) is 23.2. The van der Waals surface area contributed by atoms with Crippen LogP contribution in [0.5, 0.6) is 17.2 Å². The number of nitrogens with one attached hydrogen (secondary N) is 1. The summed E-state index contributed by atoms with van der Waals surface area (Å²) < 4.78 is 44.8. The number of carbonyl (C=O) groups is 1. The van der Waals surface area contributed by atoms with Crippen LogP contribution in [0.25, 0.3) is 0 Å². The van der Waals surface area contributed by atoms with Crippen molar-refractivity contribution in [2.45, 2.75) is 44.0 Å². The summed E-state index contributed by atoms with van der Waals surface area (Å²) in [6.45, 7) is 7.72. The molecule has 0 fully saturated rings. The predicted octanol–water partition coefficient (Wildman–Crippen LogP) is 5.74. The van der Waals surface area contributed by atoms with Crippen molar-refractivity contribution in [3.8, 4) is 17.2 Å². The summed E-state index contributed by atoms with van der Waals surface area (Å²) in [5.74, 6) is 0.330. The van der Waals surface area contributed by atoms with Crippen molar-refractivity contribution in [2.75, 3.05) is 32.2 Å². The van der Waals surface area contributed by atoms with E-state index >= 15 is 0 Å². The number of benzene rings is 3. The number of hydrogen-bond donors (Lipinski definition) is 1. The summed E-state index contributed by atoms with van der Waals surface area (Å²) in [5.41, 5.74) is 2.19. The molecule has 8 nitrogen and oxygen atoms in total. The molecule has 0 saturated heterocycles. The zero-order valence-corrected chi connectivity index (χ0v) is 24.8. The fraction of sp³-hybridized carbons (Fsp3) is 0.345. The Labute approximate surface area is 235 Å². The van der Waals surface area contributed by atoms with E-state index in [1.54, 1.807) is 12.1 Å². The third-order valence-corrected chi connectivity index (χ3v) is 8.28. The van der Waals surface area contributed by atoms with Gasteiger partial charge in [-0.2, -0.15) is 0 Å². The van der Waals surface area contributed by atoms with Crippen molar-refractivity contribution < 1.29 is 27.4 Å². The number of carbonyl (C=O) groups excluding carboxylic acids is 1. The van der Waals surface area contributed by atoms with E-state index < -0.39 is 22.5 Å². The molecule has 1 amide bonds. The summed E-state index contributed by atoms with van der Waals surface area (Å²) in [6.07, 6.45) is 0. The molecule has 0 aliphatic rings. The van der Waals surface area contributed by atoms with Gasteiger partial charge in [-0.05, 0) is 53.8 Å². The fourth-order valence-corrected chi connectivity index (χ4v) is 5.64. The minimum absolute atomic E-state index is 0.0000278. The smallest absolute Gasteiger partial charge is 0.265 e. The van der Waals surface area contributed by atoms with Crippen molar-refractivity contribution in [2.24, 2.45) is 0 Å². The molecule has 39 heavy (non-hydrogen) atoms. The Morgan fingerprint density at radius 2 is 1.49 bits per heavy atom. The van der Waals surface area contributed by atoms with Crippen LogP contribution in [0.1, 0.15) is 44.9 Å². The Bertz CT molecular complexity index is 1420. The standard InChI is InChI=1S/C29H35ClN2O6S/c1-19(20-8-10-21(11-9-20)29(2,3)4)31-28(33)18-32(24-16-22(30)12-14-25(24)36-5)39(34,35)23-13-15-26(37-6)27(17-23)38-7/h8-17,19H,18H2,1-7H3,(H,31,33). The second kappa shape index (κ2) is 12.2. The van der Waals surface area contributed by atoms with Crippen molar-refractivity contribution in [1.82, 2.24) is 5.32 Å². The number of sulfonamides is 1. The van der Waals surface area contributed by atoms with Gasteiger partial charge in [0.05, 0.1) is 38.0 Å². The summed E-state index contributed by atoms with van der Waals surface area (Å²) in [4.78, 5) is 13.2. The zero-order chi connectivity index (χ0) is 29.0. The first-order valence-corrected chi connectivity index (χ1v) is 14.1. The van der Waals surface area contributed by atoms with Crippen molar-refractivity contribution in [3.05, 3.63) is 76.8 Å². The minimum Gasteiger partial charge on any atom is -0.495 e. The van der Waals surface area contributed by atoms with Gasteiger partial charge < -0.3 is 19.5 Å². The van der Waals surface area contributed by atoms with E-state index in [1.165, 1.54) is 51.2 Å². The number of nitrogens with zero attached hydrogens (tertiary/aromatic N) is 1. The Kier molecular flexibility index (Phi) is 9.40. The molecule has 0 saturated carbocycles. The molecule has 0 aliphatic carbocycles. The van der Waals surface area contributed by atoms with Gasteiger partial charge in [-0.15, -0.1) is 0 Å². The normalized spacial score (nSPS) is 12.4. The van der Waals surface area contributed by atoms with E-state index in [9.17, 15) is 13.2 Å². The van der Waals surface area contributed by atoms with E-state index in [1.807, 2.05) is 31.2 Å². The fourth-order valence-electron chi connectivity index (χ4n) is 4.03. The first-order chi connectivity index (χ1) is 18.3. The van der Waals surface area contributed by atoms with Crippen LogP contribution >= 0.6 is 11.6 Å². The highest BCUT2D eigenvalue weighted by molar-refractivity contribution is 7.92. The Morgan fingerprint density at radius 3 is 2.05 bits per heavy atom. The maximum atomic E-state index is 14.0. The van der Waals surface area contributed by atoms with Gasteiger partial charge in [0.15, 0.2) is 11.5 Å². The molecule has 0 radical (unpaired) electrons. The van der Waals surface area contributed by atoms with Crippen molar-refractivity contribution >= 4 is 33.2 Å². The Morgan fingerprint density at radius 1 is 0.897 bits per heavy atom. The van der Waals surface area contributed by atoms with Crippen LogP contribution in [0.3, 0.4) is 0 Å². The van der Waals surface area contributed by atoms with Crippen LogP contribution < -0.4 is 23.8 Å². The van der Waals surface area contributed by atoms with Gasteiger partial charge in [0, 0.05) is 11.1 Å². The van der Waals surface area contributed by atoms with Gasteiger partial charge >= 0.3 is 0 Å². The molecule has 210 valence electrons. The third kappa shape index (κ3) is 6.96. The Hall–Kier alpha value is -3.43. The minimum atomic E-state index is -4.28. The summed E-state index contributed by atoms with van der Waals surface area (Å²) in [5, 5.41) is 3.19. The monoisotopic (exact) mass is 574 g/mol. The lowest BCUT2D eigenvalue weighted by Crippen LogP contribution is -2.41. The number of ether oxygens (including phenoxy) is 3. The van der Waals surface area contributed by atoms with Gasteiger partial charge in [-0.25, -0.2) is 8.42 Å². The topological polar surface area (TPSA) is 94.2 Å². The van der Waals surface area contributed by atoms with Gasteiger partial charge in [-0.1, -0.05) is 56.6 Å². The Balaban J connectivity index is 1.98. The number of halogens is 1. The van der Waals surface area contributed by atoms with Crippen LogP contribution in [-0.2, 0) is 20.2 Å². The lowest BCUT2D eigenvalue weighted by Gasteiger charge is -2.27. The summed E-state index contributed by atoms with van der Waals surface area (Å²) >= 11 is 6.23. The lowest BCUT2D eigenvalue weighted by atomic mass is 9.86. The molecule has 3 aromatic carbocycles. The van der Waals surface area contributed by atoms with Crippen molar-refractivity contribution in [3.63, 3.8) is 0 Å². The van der Waals surface area contributed by atoms with Gasteiger partial charge in [0.25, 0.3) is 10.0 Å². The second-order valence-electron chi connectivity index (χ2n) is 10.0. The molecular formula is C29H35ClN2O6S. The second-order valence-corrected chi connectivity index (χ2v) is 12.3. The van der Waals surface area contributed by atoms with E-state index in [0.717, 1.165) is 9.87 Å². The third-order valence-electron chi connectivity index (χ3n) is 6.29. The first kappa shape index (κ1) is 30.1. The first-order valence-electron chi connectivity index (χ1n) is 12.3. The van der Waals surface area contributed by atoms with E-state index in [-0.39, 0.29) is 38.6 Å². The van der Waals surface area contributed by atoms with Gasteiger partial charge in [-0.3, -0.25) is 9.10 Å². The summed E-state index contributed by atoms with van der Waals surface area (Å²) in [6, 6.07) is 16.4. The highest BCUT2D eigenvalue weighted by atomic mass is 35.5. The van der Waals surface area contributed by atoms with Crippen molar-refractivity contribution in [1.29, 1.82) is 0 Å². The molecule has 1 unspecified atom stereocenters. The molecule has 0 heterocycles. The van der Waals surface area contributed by atoms with Crippen LogP contribution in [0.15, 0.2) is 65.6 Å². The molecule has 3 aromatic rings. The predicted molar refractivity (Wildman–Crippen MR) is 154 cm³/mol. The molecule has 0 bridgehead atoms. The van der Waals surface area contributed by atoms with Crippen LogP contribution in [-0.4, -0.2) is 42.2 Å². The molecule has 1 atom stereocenters. The molecule has 0 aliphatic heterocycles. The largest absolute Gasteiger partial charge is 0.495 e. The molecule has 3 rings (SSSR count). The quantitative estimate of drug-likeness (QED) is 0.332. The SMILES string of the molecule is COc1ccc(S(=O)(=O)N(CC(=O)NC(C)c2ccc(C(C)(C)C)cc2)c2cc(Cl)ccc2OC)cc1OC. The van der Waals surface area contributed by atoms with Gasteiger partial charge in [0.2, 0.25) is 5.91 Å². The van der Waals surface area contributed by atoms with Crippen LogP contribution in [0.4, 0.5) is 5.69 Å². The number of methoxy groups -OCH3 is 3. The molecule has 10 heteroatoms. The van der Waals surface area contributed by atoms with E-state index in [0.29, 0.717) is 5.75 Å². The maximum Gasteiger partial charge on any atom is 0.265 e. The average molecular weight is 575 g/mol. The lowest BCUT2D eigenvalue weighted by molar-refractivity contribution is -0.120. The number of hydrogen-bond acceptors (Lipinski definition) is 6. The van der Waals surface area contributed by atoms with E-state index in [2.05, 4.69) is 26.1 Å². The van der Waals surface area contributed by atoms with Gasteiger partial charge in [0.1, 0.15) is 12.3 Å². The number of rotatable bonds is 10. The molecule has 1 N–H and O–H groups in total. The van der Waals surface area contributed by atoms with Crippen LogP contribution in [0.2, 0.25) is 5.02 Å². The molecule has 0 aromatic heterocycles. The highest BCUT2D eigenvalue weighted by Crippen LogP contribution is 2.37.